The topological polar surface area (TPSA) is 123 Å². The highest BCUT2D eigenvalue weighted by Gasteiger charge is 2.31. The SMILES string of the molecule is CC(C)CC(NC(=O)[C@@H](Cc1ccccc1)NC(=O)[C@@H](Cc1ccccc1)NC(=O)OC(C)(C)C)C(=O)OCc1ccccc1. The van der Waals surface area contributed by atoms with Gasteiger partial charge in [0.2, 0.25) is 11.8 Å². The van der Waals surface area contributed by atoms with Gasteiger partial charge < -0.3 is 25.4 Å². The van der Waals surface area contributed by atoms with Crippen LogP contribution in [0.3, 0.4) is 0 Å². The van der Waals surface area contributed by atoms with Crippen molar-refractivity contribution in [2.24, 2.45) is 5.92 Å². The van der Waals surface area contributed by atoms with Crippen LogP contribution in [0.15, 0.2) is 91.0 Å². The number of carbonyl (C=O) groups excluding carboxylic acids is 4. The predicted octanol–water partition coefficient (Wildman–Crippen LogP) is 5.12. The van der Waals surface area contributed by atoms with Gasteiger partial charge in [-0.1, -0.05) is 105 Å². The van der Waals surface area contributed by atoms with Crippen LogP contribution >= 0.6 is 0 Å². The quantitative estimate of drug-likeness (QED) is 0.216. The van der Waals surface area contributed by atoms with E-state index in [1.807, 2.05) is 105 Å². The second-order valence-electron chi connectivity index (χ2n) is 12.4. The Kier molecular flexibility index (Phi) is 13.1. The molecule has 0 aromatic heterocycles. The Bertz CT molecular complexity index is 1370. The van der Waals surface area contributed by atoms with Crippen molar-refractivity contribution in [3.8, 4) is 0 Å². The Balaban J connectivity index is 1.81. The van der Waals surface area contributed by atoms with Crippen molar-refractivity contribution in [3.05, 3.63) is 108 Å². The average Bonchev–Trinajstić information content (AvgIpc) is 2.99. The fourth-order valence-electron chi connectivity index (χ4n) is 4.63. The van der Waals surface area contributed by atoms with E-state index in [0.29, 0.717) is 6.42 Å². The van der Waals surface area contributed by atoms with Gasteiger partial charge in [-0.2, -0.15) is 0 Å². The lowest BCUT2D eigenvalue weighted by molar-refractivity contribution is -0.149. The van der Waals surface area contributed by atoms with Crippen LogP contribution in [0.4, 0.5) is 4.79 Å². The highest BCUT2D eigenvalue weighted by molar-refractivity contribution is 5.93. The minimum Gasteiger partial charge on any atom is -0.459 e. The third-order valence-corrected chi connectivity index (χ3v) is 6.74. The van der Waals surface area contributed by atoms with Crippen LogP contribution in [-0.4, -0.2) is 47.6 Å². The summed E-state index contributed by atoms with van der Waals surface area (Å²) in [4.78, 5) is 53.4. The van der Waals surface area contributed by atoms with Crippen molar-refractivity contribution in [2.45, 2.75) is 84.2 Å². The van der Waals surface area contributed by atoms with Crippen molar-refractivity contribution < 1.29 is 28.7 Å². The zero-order valence-electron chi connectivity index (χ0n) is 26.7. The lowest BCUT2D eigenvalue weighted by Gasteiger charge is -2.27. The molecule has 0 saturated carbocycles. The standard InChI is InChI=1S/C36H45N3O6/c1-25(2)21-31(34(42)44-24-28-19-13-8-14-20-28)38-32(40)29(22-26-15-9-6-10-16-26)37-33(41)30(23-27-17-11-7-12-18-27)39-35(43)45-36(3,4)5/h6-20,25,29-31H,21-24H2,1-5H3,(H,37,41)(H,38,40)(H,39,43)/t29-,30-,31?/m1/s1. The molecule has 3 rings (SSSR count). The molecule has 0 bridgehead atoms. The van der Waals surface area contributed by atoms with E-state index < -0.39 is 47.6 Å². The number of hydrogen-bond donors (Lipinski definition) is 3. The molecule has 0 saturated heterocycles. The molecule has 0 fully saturated rings. The van der Waals surface area contributed by atoms with Crippen LogP contribution in [0, 0.1) is 5.92 Å². The molecule has 3 amide bonds. The Labute approximate surface area is 266 Å². The number of ether oxygens (including phenoxy) is 2. The molecule has 9 nitrogen and oxygen atoms in total. The molecule has 0 aliphatic carbocycles. The summed E-state index contributed by atoms with van der Waals surface area (Å²) in [6.45, 7) is 9.17. The van der Waals surface area contributed by atoms with Gasteiger partial charge in [0.25, 0.3) is 0 Å². The number of amides is 3. The minimum absolute atomic E-state index is 0.0752. The molecule has 45 heavy (non-hydrogen) atoms. The van der Waals surface area contributed by atoms with E-state index in [-0.39, 0.29) is 25.4 Å². The van der Waals surface area contributed by atoms with Gasteiger partial charge in [-0.05, 0) is 49.8 Å². The van der Waals surface area contributed by atoms with Gasteiger partial charge in [-0.3, -0.25) is 9.59 Å². The molecule has 9 heteroatoms. The van der Waals surface area contributed by atoms with Gasteiger partial charge in [0.05, 0.1) is 0 Å². The van der Waals surface area contributed by atoms with E-state index in [2.05, 4.69) is 16.0 Å². The molecule has 3 N–H and O–H groups in total. The average molecular weight is 616 g/mol. The van der Waals surface area contributed by atoms with Gasteiger partial charge in [0, 0.05) is 12.8 Å². The fourth-order valence-corrected chi connectivity index (χ4v) is 4.63. The molecule has 3 aromatic rings. The Morgan fingerprint density at radius 1 is 0.622 bits per heavy atom. The van der Waals surface area contributed by atoms with E-state index in [9.17, 15) is 19.2 Å². The number of alkyl carbamates (subject to hydrolysis) is 1. The van der Waals surface area contributed by atoms with E-state index >= 15 is 0 Å². The summed E-state index contributed by atoms with van der Waals surface area (Å²) in [6, 6.07) is 24.8. The lowest BCUT2D eigenvalue weighted by Crippen LogP contribution is -2.57. The first kappa shape index (κ1) is 34.8. The summed E-state index contributed by atoms with van der Waals surface area (Å²) in [5.41, 5.74) is 1.69. The van der Waals surface area contributed by atoms with Gasteiger partial charge in [0.15, 0.2) is 0 Å². The van der Waals surface area contributed by atoms with Crippen LogP contribution < -0.4 is 16.0 Å². The van der Waals surface area contributed by atoms with Crippen molar-refractivity contribution in [1.29, 1.82) is 0 Å². The molecular formula is C36H45N3O6. The van der Waals surface area contributed by atoms with Gasteiger partial charge in [-0.25, -0.2) is 9.59 Å². The van der Waals surface area contributed by atoms with Gasteiger partial charge in [-0.15, -0.1) is 0 Å². The van der Waals surface area contributed by atoms with Crippen LogP contribution in [0.25, 0.3) is 0 Å². The Hall–Kier alpha value is -4.66. The third-order valence-electron chi connectivity index (χ3n) is 6.74. The first-order valence-corrected chi connectivity index (χ1v) is 15.3. The Morgan fingerprint density at radius 2 is 1.04 bits per heavy atom. The van der Waals surface area contributed by atoms with Crippen LogP contribution in [0.2, 0.25) is 0 Å². The van der Waals surface area contributed by atoms with Crippen molar-refractivity contribution >= 4 is 23.9 Å². The van der Waals surface area contributed by atoms with Crippen molar-refractivity contribution in [1.82, 2.24) is 16.0 Å². The molecule has 0 aliphatic heterocycles. The largest absolute Gasteiger partial charge is 0.459 e. The fraction of sp³-hybridized carbons (Fsp3) is 0.389. The first-order chi connectivity index (χ1) is 21.4. The molecule has 0 spiro atoms. The van der Waals surface area contributed by atoms with Gasteiger partial charge >= 0.3 is 12.1 Å². The Morgan fingerprint density at radius 3 is 1.49 bits per heavy atom. The second-order valence-corrected chi connectivity index (χ2v) is 12.4. The van der Waals surface area contributed by atoms with E-state index in [0.717, 1.165) is 16.7 Å². The van der Waals surface area contributed by atoms with E-state index in [1.165, 1.54) is 0 Å². The lowest BCUT2D eigenvalue weighted by atomic mass is 10.0. The van der Waals surface area contributed by atoms with Crippen molar-refractivity contribution in [2.75, 3.05) is 0 Å². The number of benzene rings is 3. The molecule has 1 unspecified atom stereocenters. The monoisotopic (exact) mass is 615 g/mol. The third kappa shape index (κ3) is 12.8. The van der Waals surface area contributed by atoms with E-state index in [4.69, 9.17) is 9.47 Å². The normalized spacial score (nSPS) is 13.2. The molecule has 3 aromatic carbocycles. The maximum atomic E-state index is 13.8. The number of nitrogens with one attached hydrogen (secondary N) is 3. The number of hydrogen-bond acceptors (Lipinski definition) is 6. The zero-order chi connectivity index (χ0) is 32.8. The summed E-state index contributed by atoms with van der Waals surface area (Å²) in [6.07, 6.45) is -0.0628. The molecule has 3 atom stereocenters. The summed E-state index contributed by atoms with van der Waals surface area (Å²) in [5.74, 6) is -1.58. The van der Waals surface area contributed by atoms with E-state index in [1.54, 1.807) is 20.8 Å². The van der Waals surface area contributed by atoms with Gasteiger partial charge in [0.1, 0.15) is 30.3 Å². The van der Waals surface area contributed by atoms with Crippen LogP contribution in [-0.2, 0) is 43.3 Å². The maximum absolute atomic E-state index is 13.8. The second kappa shape index (κ2) is 17.0. The number of carbonyl (C=O) groups is 4. The minimum atomic E-state index is -1.05. The predicted molar refractivity (Wildman–Crippen MR) is 173 cm³/mol. The van der Waals surface area contributed by atoms with Crippen LogP contribution in [0.5, 0.6) is 0 Å². The first-order valence-electron chi connectivity index (χ1n) is 15.3. The molecule has 0 heterocycles. The summed E-state index contributed by atoms with van der Waals surface area (Å²) in [5, 5.41) is 8.33. The zero-order valence-corrected chi connectivity index (χ0v) is 26.7. The smallest absolute Gasteiger partial charge is 0.408 e. The summed E-state index contributed by atoms with van der Waals surface area (Å²) < 4.78 is 11.0. The highest BCUT2D eigenvalue weighted by Crippen LogP contribution is 2.12. The molecule has 0 aliphatic rings. The van der Waals surface area contributed by atoms with Crippen molar-refractivity contribution in [3.63, 3.8) is 0 Å². The molecular weight excluding hydrogens is 570 g/mol. The molecule has 0 radical (unpaired) electrons. The number of esters is 1. The maximum Gasteiger partial charge on any atom is 0.408 e. The summed E-state index contributed by atoms with van der Waals surface area (Å²) in [7, 11) is 0. The number of rotatable bonds is 14. The molecule has 240 valence electrons. The summed E-state index contributed by atoms with van der Waals surface area (Å²) >= 11 is 0. The van der Waals surface area contributed by atoms with Crippen LogP contribution in [0.1, 0.15) is 57.7 Å². The highest BCUT2D eigenvalue weighted by atomic mass is 16.6.